The second-order valence-corrected chi connectivity index (χ2v) is 3.88. The summed E-state index contributed by atoms with van der Waals surface area (Å²) >= 11 is 0. The van der Waals surface area contributed by atoms with Gasteiger partial charge in [0.15, 0.2) is 0 Å². The Labute approximate surface area is 117 Å². The van der Waals surface area contributed by atoms with Crippen molar-refractivity contribution in [3.63, 3.8) is 0 Å². The maximum atomic E-state index is 3.36. The van der Waals surface area contributed by atoms with Gasteiger partial charge in [-0.05, 0) is 57.1 Å². The van der Waals surface area contributed by atoms with Crippen LogP contribution in [-0.2, 0) is 0 Å². The molecule has 0 aliphatic heterocycles. The van der Waals surface area contributed by atoms with Crippen LogP contribution in [0.1, 0.15) is 74.7 Å². The summed E-state index contributed by atoms with van der Waals surface area (Å²) in [5.74, 6) is 0.893. The maximum absolute atomic E-state index is 3.36. The number of hydrogen-bond donors (Lipinski definition) is 0. The minimum absolute atomic E-state index is 0.893. The van der Waals surface area contributed by atoms with Crippen LogP contribution in [-0.4, -0.2) is 0 Å². The Bertz CT molecular complexity index is 218. The zero-order valence-corrected chi connectivity index (χ0v) is 14.1. The van der Waals surface area contributed by atoms with Gasteiger partial charge in [-0.25, -0.2) is 0 Å². The fourth-order valence-electron chi connectivity index (χ4n) is 1.80. The Kier molecular flexibility index (Phi) is 23.1. The molecular formula is C18H36. The molecule has 0 aromatic carbocycles. The lowest BCUT2D eigenvalue weighted by atomic mass is 9.83. The van der Waals surface area contributed by atoms with Crippen molar-refractivity contribution >= 4 is 0 Å². The molecule has 0 bridgehead atoms. The molecule has 0 N–H and O–H groups in total. The van der Waals surface area contributed by atoms with E-state index in [1.807, 2.05) is 34.6 Å². The highest BCUT2D eigenvalue weighted by atomic mass is 14.2. The van der Waals surface area contributed by atoms with Gasteiger partial charge in [0.05, 0.1) is 0 Å². The molecule has 1 atom stereocenters. The number of allylic oxidation sites excluding steroid dienone is 5. The van der Waals surface area contributed by atoms with Gasteiger partial charge in [-0.1, -0.05) is 52.8 Å². The highest BCUT2D eigenvalue weighted by molar-refractivity contribution is 5.32. The third-order valence-electron chi connectivity index (χ3n) is 2.58. The summed E-state index contributed by atoms with van der Waals surface area (Å²) in [7, 11) is 0. The second kappa shape index (κ2) is 18.6. The van der Waals surface area contributed by atoms with Crippen LogP contribution in [0.5, 0.6) is 0 Å². The van der Waals surface area contributed by atoms with Gasteiger partial charge in [0.1, 0.15) is 0 Å². The van der Waals surface area contributed by atoms with Crippen molar-refractivity contribution in [1.82, 2.24) is 0 Å². The zero-order valence-electron chi connectivity index (χ0n) is 14.1. The zero-order chi connectivity index (χ0) is 15.0. The fraction of sp³-hybridized carbons (Fsp3) is 0.667. The molecule has 0 heteroatoms. The van der Waals surface area contributed by atoms with Crippen LogP contribution < -0.4 is 0 Å². The molecule has 0 aromatic heterocycles. The van der Waals surface area contributed by atoms with Gasteiger partial charge in [-0.15, -0.1) is 6.58 Å². The smallest absolute Gasteiger partial charge is 0.0254 e. The third kappa shape index (κ3) is 11.7. The van der Waals surface area contributed by atoms with E-state index < -0.39 is 0 Å². The molecule has 1 fully saturated rings. The monoisotopic (exact) mass is 252 g/mol. The Morgan fingerprint density at radius 2 is 1.33 bits per heavy atom. The molecule has 0 aromatic rings. The first-order chi connectivity index (χ1) is 8.69. The standard InChI is InChI=1S/C11H18.C3H6.2C2H6/c1-4-10-7-6-9(3)8-11(10)5-2;1-3-2;2*1-2/h4-5,9H,6-8H2,1-3H3;3H,1H2,2H3;2*1-2H3/b10-4-,11-5-;;;. The van der Waals surface area contributed by atoms with Crippen LogP contribution in [0.3, 0.4) is 0 Å². The van der Waals surface area contributed by atoms with E-state index in [1.54, 1.807) is 17.2 Å². The SMILES string of the molecule is C/C=C1/CCC(C)C/C1=C/C.C=CC.CC.CC. The molecule has 18 heavy (non-hydrogen) atoms. The summed E-state index contributed by atoms with van der Waals surface area (Å²) < 4.78 is 0. The summed E-state index contributed by atoms with van der Waals surface area (Å²) in [6, 6.07) is 0. The van der Waals surface area contributed by atoms with Crippen LogP contribution >= 0.6 is 0 Å². The largest absolute Gasteiger partial charge is 0.103 e. The summed E-state index contributed by atoms with van der Waals surface area (Å²) in [4.78, 5) is 0. The van der Waals surface area contributed by atoms with E-state index in [2.05, 4.69) is 39.5 Å². The van der Waals surface area contributed by atoms with Crippen molar-refractivity contribution in [2.45, 2.75) is 74.7 Å². The molecule has 108 valence electrons. The van der Waals surface area contributed by atoms with E-state index in [1.165, 1.54) is 19.3 Å². The molecule has 0 spiro atoms. The quantitative estimate of drug-likeness (QED) is 0.409. The van der Waals surface area contributed by atoms with Crippen LogP contribution in [0.15, 0.2) is 36.0 Å². The normalized spacial score (nSPS) is 21.7. The molecular weight excluding hydrogens is 216 g/mol. The molecule has 0 amide bonds. The van der Waals surface area contributed by atoms with E-state index in [0.717, 1.165) is 5.92 Å². The Hall–Kier alpha value is -0.780. The minimum Gasteiger partial charge on any atom is -0.103 e. The van der Waals surface area contributed by atoms with Gasteiger partial charge in [-0.3, -0.25) is 0 Å². The lowest BCUT2D eigenvalue weighted by molar-refractivity contribution is 0.497. The Balaban J connectivity index is -0.000000274. The van der Waals surface area contributed by atoms with Crippen molar-refractivity contribution in [2.75, 3.05) is 0 Å². The van der Waals surface area contributed by atoms with Gasteiger partial charge in [-0.2, -0.15) is 0 Å². The Morgan fingerprint density at radius 1 is 0.944 bits per heavy atom. The lowest BCUT2D eigenvalue weighted by Gasteiger charge is -2.23. The van der Waals surface area contributed by atoms with Crippen molar-refractivity contribution in [3.05, 3.63) is 36.0 Å². The predicted molar refractivity (Wildman–Crippen MR) is 89.1 cm³/mol. The summed E-state index contributed by atoms with van der Waals surface area (Å²) in [6.07, 6.45) is 10.2. The van der Waals surface area contributed by atoms with Gasteiger partial charge in [0.25, 0.3) is 0 Å². The van der Waals surface area contributed by atoms with E-state index in [-0.39, 0.29) is 0 Å². The lowest BCUT2D eigenvalue weighted by Crippen LogP contribution is -2.06. The van der Waals surface area contributed by atoms with Crippen molar-refractivity contribution in [2.24, 2.45) is 5.92 Å². The summed E-state index contributed by atoms with van der Waals surface area (Å²) in [5, 5.41) is 0. The molecule has 0 radical (unpaired) electrons. The molecule has 1 aliphatic rings. The van der Waals surface area contributed by atoms with Crippen LogP contribution in [0.2, 0.25) is 0 Å². The molecule has 1 unspecified atom stereocenters. The fourth-order valence-corrected chi connectivity index (χ4v) is 1.80. The third-order valence-corrected chi connectivity index (χ3v) is 2.58. The van der Waals surface area contributed by atoms with Crippen molar-refractivity contribution in [3.8, 4) is 0 Å². The average Bonchev–Trinajstić information content (AvgIpc) is 2.44. The first-order valence-corrected chi connectivity index (χ1v) is 7.57. The van der Waals surface area contributed by atoms with Crippen LogP contribution in [0.4, 0.5) is 0 Å². The Morgan fingerprint density at radius 3 is 1.67 bits per heavy atom. The predicted octanol–water partition coefficient (Wildman–Crippen LogP) is 6.94. The van der Waals surface area contributed by atoms with Crippen molar-refractivity contribution in [1.29, 1.82) is 0 Å². The highest BCUT2D eigenvalue weighted by Crippen LogP contribution is 2.32. The maximum Gasteiger partial charge on any atom is -0.0254 e. The van der Waals surface area contributed by atoms with Crippen molar-refractivity contribution < 1.29 is 0 Å². The van der Waals surface area contributed by atoms with Crippen LogP contribution in [0.25, 0.3) is 0 Å². The van der Waals surface area contributed by atoms with Crippen LogP contribution in [0, 0.1) is 5.92 Å². The molecule has 1 rings (SSSR count). The molecule has 1 saturated carbocycles. The van der Waals surface area contributed by atoms with Gasteiger partial charge < -0.3 is 0 Å². The number of hydrogen-bond acceptors (Lipinski definition) is 0. The van der Waals surface area contributed by atoms with E-state index in [4.69, 9.17) is 0 Å². The summed E-state index contributed by atoms with van der Waals surface area (Å²) in [5.41, 5.74) is 3.15. The van der Waals surface area contributed by atoms with Gasteiger partial charge in [0.2, 0.25) is 0 Å². The van der Waals surface area contributed by atoms with E-state index in [0.29, 0.717) is 0 Å². The first-order valence-electron chi connectivity index (χ1n) is 7.57. The average molecular weight is 252 g/mol. The van der Waals surface area contributed by atoms with E-state index in [9.17, 15) is 0 Å². The minimum atomic E-state index is 0.893. The molecule has 0 heterocycles. The number of rotatable bonds is 0. The van der Waals surface area contributed by atoms with Gasteiger partial charge >= 0.3 is 0 Å². The topological polar surface area (TPSA) is 0 Å². The van der Waals surface area contributed by atoms with E-state index >= 15 is 0 Å². The molecule has 0 nitrogen and oxygen atoms in total. The highest BCUT2D eigenvalue weighted by Gasteiger charge is 2.15. The second-order valence-electron chi connectivity index (χ2n) is 3.88. The summed E-state index contributed by atoms with van der Waals surface area (Å²) in [6.45, 7) is 19.9. The van der Waals surface area contributed by atoms with Gasteiger partial charge in [0, 0.05) is 0 Å². The molecule has 1 aliphatic carbocycles. The first kappa shape index (κ1) is 22.4. The molecule has 0 saturated heterocycles.